The lowest BCUT2D eigenvalue weighted by atomic mass is 9.96. The van der Waals surface area contributed by atoms with E-state index < -0.39 is 5.97 Å². The number of carbonyl (C=O) groups excluding carboxylic acids is 1. The lowest BCUT2D eigenvalue weighted by Gasteiger charge is -2.21. The molecule has 0 bridgehead atoms. The molecular weight excluding hydrogens is 218 g/mol. The molecular formula is C13H23NO3. The maximum Gasteiger partial charge on any atom is 0.305 e. The Morgan fingerprint density at radius 2 is 2.12 bits per heavy atom. The predicted octanol–water partition coefficient (Wildman–Crippen LogP) is 2.18. The van der Waals surface area contributed by atoms with E-state index in [-0.39, 0.29) is 24.3 Å². The van der Waals surface area contributed by atoms with E-state index in [2.05, 4.69) is 12.2 Å². The second-order valence-electron chi connectivity index (χ2n) is 5.11. The van der Waals surface area contributed by atoms with Crippen molar-refractivity contribution in [1.29, 1.82) is 0 Å². The molecule has 4 nitrogen and oxygen atoms in total. The molecule has 0 saturated heterocycles. The molecule has 17 heavy (non-hydrogen) atoms. The molecule has 0 aromatic carbocycles. The highest BCUT2D eigenvalue weighted by molar-refractivity contribution is 5.80. The van der Waals surface area contributed by atoms with Crippen molar-refractivity contribution < 1.29 is 14.7 Å². The van der Waals surface area contributed by atoms with Crippen LogP contribution in [0.1, 0.15) is 52.4 Å². The average Bonchev–Trinajstić information content (AvgIpc) is 2.63. The van der Waals surface area contributed by atoms with Crippen molar-refractivity contribution in [1.82, 2.24) is 5.32 Å². The number of carboxylic acids is 1. The lowest BCUT2D eigenvalue weighted by Crippen LogP contribution is -2.40. The Kier molecular flexibility index (Phi) is 5.45. The van der Waals surface area contributed by atoms with Gasteiger partial charge in [0.1, 0.15) is 0 Å². The van der Waals surface area contributed by atoms with Crippen LogP contribution >= 0.6 is 0 Å². The number of carbonyl (C=O) groups is 2. The van der Waals surface area contributed by atoms with Gasteiger partial charge in [-0.2, -0.15) is 0 Å². The lowest BCUT2D eigenvalue weighted by molar-refractivity contribution is -0.138. The quantitative estimate of drug-likeness (QED) is 0.749. The molecule has 4 heteroatoms. The van der Waals surface area contributed by atoms with Gasteiger partial charge in [0.15, 0.2) is 0 Å². The van der Waals surface area contributed by atoms with Crippen LogP contribution in [0, 0.1) is 11.8 Å². The molecule has 1 amide bonds. The fraction of sp³-hybridized carbons (Fsp3) is 0.846. The zero-order valence-electron chi connectivity index (χ0n) is 10.7. The van der Waals surface area contributed by atoms with E-state index in [9.17, 15) is 9.59 Å². The first-order valence-corrected chi connectivity index (χ1v) is 6.56. The molecule has 3 unspecified atom stereocenters. The van der Waals surface area contributed by atoms with E-state index in [0.29, 0.717) is 5.92 Å². The summed E-state index contributed by atoms with van der Waals surface area (Å²) in [7, 11) is 0. The van der Waals surface area contributed by atoms with Crippen LogP contribution in [-0.2, 0) is 9.59 Å². The maximum absolute atomic E-state index is 12.0. The van der Waals surface area contributed by atoms with Gasteiger partial charge >= 0.3 is 5.97 Å². The van der Waals surface area contributed by atoms with Gasteiger partial charge in [-0.15, -0.1) is 0 Å². The number of carboxylic acid groups (broad SMARTS) is 1. The van der Waals surface area contributed by atoms with Crippen molar-refractivity contribution in [2.75, 3.05) is 0 Å². The highest BCUT2D eigenvalue weighted by Gasteiger charge is 2.30. The molecule has 0 aromatic rings. The van der Waals surface area contributed by atoms with Crippen LogP contribution in [0.2, 0.25) is 0 Å². The summed E-state index contributed by atoms with van der Waals surface area (Å²) in [6.45, 7) is 4.10. The van der Waals surface area contributed by atoms with Gasteiger partial charge in [0.25, 0.3) is 0 Å². The number of hydrogen-bond acceptors (Lipinski definition) is 2. The van der Waals surface area contributed by atoms with E-state index in [1.54, 1.807) is 0 Å². The summed E-state index contributed by atoms with van der Waals surface area (Å²) in [5.74, 6) is -0.275. The largest absolute Gasteiger partial charge is 0.481 e. The normalized spacial score (nSPS) is 25.5. The zero-order chi connectivity index (χ0) is 12.8. The second kappa shape index (κ2) is 6.62. The smallest absolute Gasteiger partial charge is 0.305 e. The number of hydrogen-bond donors (Lipinski definition) is 2. The van der Waals surface area contributed by atoms with Crippen molar-refractivity contribution in [3.05, 3.63) is 0 Å². The third-order valence-corrected chi connectivity index (χ3v) is 3.60. The van der Waals surface area contributed by atoms with Crippen molar-refractivity contribution in [2.24, 2.45) is 11.8 Å². The fourth-order valence-corrected chi connectivity index (χ4v) is 2.63. The van der Waals surface area contributed by atoms with E-state index in [1.165, 1.54) is 0 Å². The minimum Gasteiger partial charge on any atom is -0.481 e. The van der Waals surface area contributed by atoms with Crippen LogP contribution in [0.15, 0.2) is 0 Å². The van der Waals surface area contributed by atoms with E-state index in [4.69, 9.17) is 5.11 Å². The average molecular weight is 241 g/mol. The molecule has 1 aliphatic carbocycles. The Bertz CT molecular complexity index is 278. The molecule has 0 aromatic heterocycles. The van der Waals surface area contributed by atoms with Gasteiger partial charge in [0.05, 0.1) is 6.42 Å². The Labute approximate surface area is 103 Å². The SMILES string of the molecule is CCCC(CC(=O)O)NC(=O)C1CCCC1C. The third kappa shape index (κ3) is 4.36. The number of amides is 1. The molecule has 1 fully saturated rings. The van der Waals surface area contributed by atoms with E-state index in [1.807, 2.05) is 6.92 Å². The van der Waals surface area contributed by atoms with Gasteiger partial charge in [-0.05, 0) is 25.2 Å². The molecule has 0 heterocycles. The van der Waals surface area contributed by atoms with Crippen molar-refractivity contribution in [2.45, 2.75) is 58.4 Å². The van der Waals surface area contributed by atoms with E-state index in [0.717, 1.165) is 32.1 Å². The molecule has 1 aliphatic rings. The minimum atomic E-state index is -0.844. The van der Waals surface area contributed by atoms with E-state index >= 15 is 0 Å². The van der Waals surface area contributed by atoms with Gasteiger partial charge in [0, 0.05) is 12.0 Å². The monoisotopic (exact) mass is 241 g/mol. The third-order valence-electron chi connectivity index (χ3n) is 3.60. The van der Waals surface area contributed by atoms with Gasteiger partial charge < -0.3 is 10.4 Å². The number of rotatable bonds is 6. The first kappa shape index (κ1) is 14.0. The molecule has 98 valence electrons. The van der Waals surface area contributed by atoms with Crippen LogP contribution in [0.5, 0.6) is 0 Å². The van der Waals surface area contributed by atoms with Crippen LogP contribution in [0.4, 0.5) is 0 Å². The topological polar surface area (TPSA) is 66.4 Å². The Morgan fingerprint density at radius 3 is 2.59 bits per heavy atom. The summed E-state index contributed by atoms with van der Waals surface area (Å²) < 4.78 is 0. The summed E-state index contributed by atoms with van der Waals surface area (Å²) in [6, 6.07) is -0.210. The van der Waals surface area contributed by atoms with Gasteiger partial charge in [-0.3, -0.25) is 9.59 Å². The summed E-state index contributed by atoms with van der Waals surface area (Å²) in [6.07, 6.45) is 4.81. The highest BCUT2D eigenvalue weighted by Crippen LogP contribution is 2.31. The Balaban J connectivity index is 2.47. The first-order valence-electron chi connectivity index (χ1n) is 6.56. The fourth-order valence-electron chi connectivity index (χ4n) is 2.63. The Hall–Kier alpha value is -1.06. The molecule has 0 spiro atoms. The first-order chi connectivity index (χ1) is 8.04. The summed E-state index contributed by atoms with van der Waals surface area (Å²) >= 11 is 0. The zero-order valence-corrected chi connectivity index (χ0v) is 10.7. The maximum atomic E-state index is 12.0. The molecule has 1 saturated carbocycles. The molecule has 1 rings (SSSR count). The molecule has 0 radical (unpaired) electrons. The molecule has 0 aliphatic heterocycles. The standard InChI is InChI=1S/C13H23NO3/c1-3-5-10(8-12(15)16)14-13(17)11-7-4-6-9(11)2/h9-11H,3-8H2,1-2H3,(H,14,17)(H,15,16). The summed E-state index contributed by atoms with van der Waals surface area (Å²) in [5.41, 5.74) is 0. The van der Waals surface area contributed by atoms with Crippen LogP contribution in [0.3, 0.4) is 0 Å². The Morgan fingerprint density at radius 1 is 1.41 bits per heavy atom. The predicted molar refractivity (Wildman–Crippen MR) is 65.6 cm³/mol. The van der Waals surface area contributed by atoms with Crippen molar-refractivity contribution >= 4 is 11.9 Å². The van der Waals surface area contributed by atoms with Crippen molar-refractivity contribution in [3.63, 3.8) is 0 Å². The number of nitrogens with one attached hydrogen (secondary N) is 1. The van der Waals surface area contributed by atoms with Crippen LogP contribution < -0.4 is 5.32 Å². The van der Waals surface area contributed by atoms with Gasteiger partial charge in [0.2, 0.25) is 5.91 Å². The summed E-state index contributed by atoms with van der Waals surface area (Å²) in [4.78, 5) is 22.7. The van der Waals surface area contributed by atoms with Gasteiger partial charge in [-0.1, -0.05) is 26.7 Å². The molecule has 3 atom stereocenters. The van der Waals surface area contributed by atoms with Crippen LogP contribution in [-0.4, -0.2) is 23.0 Å². The summed E-state index contributed by atoms with van der Waals surface area (Å²) in [5, 5.41) is 11.7. The van der Waals surface area contributed by atoms with Crippen LogP contribution in [0.25, 0.3) is 0 Å². The molecule has 2 N–H and O–H groups in total. The van der Waals surface area contributed by atoms with Crippen molar-refractivity contribution in [3.8, 4) is 0 Å². The minimum absolute atomic E-state index is 0.0285. The van der Waals surface area contributed by atoms with Gasteiger partial charge in [-0.25, -0.2) is 0 Å². The second-order valence-corrected chi connectivity index (χ2v) is 5.11. The highest BCUT2D eigenvalue weighted by atomic mass is 16.4. The number of aliphatic carboxylic acids is 1.